The zero-order chi connectivity index (χ0) is 21.6. The minimum Gasteiger partial charge on any atom is -0.478 e. The third kappa shape index (κ3) is 4.55. The van der Waals surface area contributed by atoms with Crippen LogP contribution < -0.4 is 4.90 Å². The number of carbonyl (C=O) groups is 1. The third-order valence-corrected chi connectivity index (χ3v) is 4.81. The summed E-state index contributed by atoms with van der Waals surface area (Å²) in [5, 5.41) is 23.4. The summed E-state index contributed by atoms with van der Waals surface area (Å²) in [7, 11) is 0. The Balaban J connectivity index is 1.56. The molecule has 0 aliphatic heterocycles. The molecule has 0 aliphatic rings. The fourth-order valence-corrected chi connectivity index (χ4v) is 3.33. The molecule has 0 saturated carbocycles. The van der Waals surface area contributed by atoms with Gasteiger partial charge in [0.2, 0.25) is 11.8 Å². The molecule has 2 heterocycles. The second-order valence-corrected chi connectivity index (χ2v) is 6.98. The van der Waals surface area contributed by atoms with E-state index in [-0.39, 0.29) is 5.56 Å². The predicted octanol–water partition coefficient (Wildman–Crippen LogP) is 3.44. The van der Waals surface area contributed by atoms with E-state index in [1.54, 1.807) is 0 Å². The molecule has 0 saturated heterocycles. The highest BCUT2D eigenvalue weighted by molar-refractivity contribution is 5.86. The molecule has 2 aromatic carbocycles. The van der Waals surface area contributed by atoms with Crippen molar-refractivity contribution in [1.29, 1.82) is 0 Å². The van der Waals surface area contributed by atoms with Crippen molar-refractivity contribution in [2.24, 2.45) is 0 Å². The number of carboxylic acids is 1. The summed E-state index contributed by atoms with van der Waals surface area (Å²) in [5.41, 5.74) is 4.15. The first kappa shape index (κ1) is 20.1. The molecular weight excluding hydrogens is 394 g/mol. The number of H-pyrrole nitrogens is 1. The number of nitrogens with one attached hydrogen (secondary N) is 1. The van der Waals surface area contributed by atoms with E-state index in [1.807, 2.05) is 29.2 Å². The monoisotopic (exact) mass is 415 g/mol. The number of tetrazole rings is 1. The molecule has 2 N–H and O–H groups in total. The predicted molar refractivity (Wildman–Crippen MR) is 115 cm³/mol. The maximum absolute atomic E-state index is 11.0. The summed E-state index contributed by atoms with van der Waals surface area (Å²) < 4.78 is 0. The van der Waals surface area contributed by atoms with Crippen LogP contribution in [0.25, 0.3) is 22.5 Å². The highest BCUT2D eigenvalue weighted by atomic mass is 16.4. The van der Waals surface area contributed by atoms with Gasteiger partial charge >= 0.3 is 5.97 Å². The molecule has 0 fully saturated rings. The molecule has 0 radical (unpaired) electrons. The van der Waals surface area contributed by atoms with E-state index in [0.717, 1.165) is 35.2 Å². The lowest BCUT2D eigenvalue weighted by atomic mass is 9.98. The number of rotatable bonds is 8. The van der Waals surface area contributed by atoms with Crippen LogP contribution in [-0.2, 0) is 6.54 Å². The Morgan fingerprint density at radius 1 is 1.03 bits per heavy atom. The number of nitrogens with zero attached hydrogens (tertiary/aromatic N) is 6. The van der Waals surface area contributed by atoms with Gasteiger partial charge in [-0.25, -0.2) is 14.8 Å². The average molecular weight is 415 g/mol. The van der Waals surface area contributed by atoms with Crippen molar-refractivity contribution < 1.29 is 9.90 Å². The summed E-state index contributed by atoms with van der Waals surface area (Å²) in [5.74, 6) is 0.0272. The average Bonchev–Trinajstić information content (AvgIpc) is 3.34. The number of aromatic nitrogens is 6. The highest BCUT2D eigenvalue weighted by Crippen LogP contribution is 2.30. The highest BCUT2D eigenvalue weighted by Gasteiger charge is 2.13. The SMILES string of the molecule is CCCN(Cc1ccc(-c2ccccc2-c2nn[nH]n2)cc1)c1ncc(C(=O)O)cn1. The van der Waals surface area contributed by atoms with Crippen LogP contribution in [0.1, 0.15) is 29.3 Å². The van der Waals surface area contributed by atoms with Gasteiger partial charge in [0.15, 0.2) is 0 Å². The lowest BCUT2D eigenvalue weighted by Gasteiger charge is -2.22. The maximum Gasteiger partial charge on any atom is 0.338 e. The minimum absolute atomic E-state index is 0.0739. The lowest BCUT2D eigenvalue weighted by Crippen LogP contribution is -2.25. The molecule has 0 bridgehead atoms. The van der Waals surface area contributed by atoms with Crippen LogP contribution in [0.3, 0.4) is 0 Å². The van der Waals surface area contributed by atoms with Gasteiger partial charge in [-0.2, -0.15) is 5.21 Å². The van der Waals surface area contributed by atoms with Crippen molar-refractivity contribution in [3.8, 4) is 22.5 Å². The number of aromatic amines is 1. The van der Waals surface area contributed by atoms with Gasteiger partial charge in [0, 0.05) is 31.0 Å². The van der Waals surface area contributed by atoms with Crippen molar-refractivity contribution in [1.82, 2.24) is 30.6 Å². The first-order chi connectivity index (χ1) is 15.2. The van der Waals surface area contributed by atoms with E-state index in [2.05, 4.69) is 61.8 Å². The van der Waals surface area contributed by atoms with Crippen molar-refractivity contribution in [2.75, 3.05) is 11.4 Å². The van der Waals surface area contributed by atoms with Gasteiger partial charge in [-0.3, -0.25) is 0 Å². The van der Waals surface area contributed by atoms with Gasteiger partial charge in [-0.15, -0.1) is 10.2 Å². The Morgan fingerprint density at radius 3 is 2.35 bits per heavy atom. The molecule has 2 aromatic heterocycles. The normalized spacial score (nSPS) is 10.7. The zero-order valence-electron chi connectivity index (χ0n) is 16.9. The van der Waals surface area contributed by atoms with Crippen LogP contribution >= 0.6 is 0 Å². The Hall–Kier alpha value is -4.14. The van der Waals surface area contributed by atoms with Crippen molar-refractivity contribution in [2.45, 2.75) is 19.9 Å². The van der Waals surface area contributed by atoms with Crippen LogP contribution in [0.5, 0.6) is 0 Å². The molecule has 156 valence electrons. The summed E-state index contributed by atoms with van der Waals surface area (Å²) in [6.45, 7) is 3.46. The number of hydrogen-bond acceptors (Lipinski definition) is 7. The molecule has 31 heavy (non-hydrogen) atoms. The van der Waals surface area contributed by atoms with Gasteiger partial charge in [0.05, 0.1) is 5.56 Å². The molecular formula is C22H21N7O2. The number of aromatic carboxylic acids is 1. The Morgan fingerprint density at radius 2 is 1.74 bits per heavy atom. The van der Waals surface area contributed by atoms with E-state index >= 15 is 0 Å². The van der Waals surface area contributed by atoms with E-state index in [0.29, 0.717) is 18.3 Å². The maximum atomic E-state index is 11.0. The molecule has 9 nitrogen and oxygen atoms in total. The first-order valence-corrected chi connectivity index (χ1v) is 9.88. The Kier molecular flexibility index (Phi) is 5.93. The molecule has 0 amide bonds. The number of anilines is 1. The molecule has 0 unspecified atom stereocenters. The quantitative estimate of drug-likeness (QED) is 0.449. The largest absolute Gasteiger partial charge is 0.478 e. The summed E-state index contributed by atoms with van der Waals surface area (Å²) in [6, 6.07) is 16.2. The van der Waals surface area contributed by atoms with E-state index < -0.39 is 5.97 Å². The second-order valence-electron chi connectivity index (χ2n) is 6.98. The van der Waals surface area contributed by atoms with Crippen LogP contribution in [0.15, 0.2) is 60.9 Å². The minimum atomic E-state index is -1.04. The summed E-state index contributed by atoms with van der Waals surface area (Å²) >= 11 is 0. The number of benzene rings is 2. The van der Waals surface area contributed by atoms with Gasteiger partial charge in [-0.05, 0) is 28.3 Å². The molecule has 9 heteroatoms. The van der Waals surface area contributed by atoms with Crippen LogP contribution in [0.4, 0.5) is 5.95 Å². The van der Waals surface area contributed by atoms with Gasteiger partial charge in [-0.1, -0.05) is 55.5 Å². The zero-order valence-corrected chi connectivity index (χ0v) is 16.9. The van der Waals surface area contributed by atoms with Crippen molar-refractivity contribution in [3.05, 3.63) is 72.1 Å². The molecule has 0 aliphatic carbocycles. The van der Waals surface area contributed by atoms with E-state index in [1.165, 1.54) is 12.4 Å². The van der Waals surface area contributed by atoms with E-state index in [4.69, 9.17) is 5.11 Å². The molecule has 4 aromatic rings. The van der Waals surface area contributed by atoms with Crippen LogP contribution in [-0.4, -0.2) is 48.2 Å². The van der Waals surface area contributed by atoms with Crippen molar-refractivity contribution >= 4 is 11.9 Å². The Labute approximate surface area is 178 Å². The fourth-order valence-electron chi connectivity index (χ4n) is 3.33. The van der Waals surface area contributed by atoms with Gasteiger partial charge in [0.1, 0.15) is 0 Å². The van der Waals surface area contributed by atoms with Crippen LogP contribution in [0.2, 0.25) is 0 Å². The topological polar surface area (TPSA) is 121 Å². The molecule has 4 rings (SSSR count). The lowest BCUT2D eigenvalue weighted by molar-refractivity contribution is 0.0696. The van der Waals surface area contributed by atoms with Crippen molar-refractivity contribution in [3.63, 3.8) is 0 Å². The van der Waals surface area contributed by atoms with E-state index in [9.17, 15) is 4.79 Å². The summed E-state index contributed by atoms with van der Waals surface area (Å²) in [6.07, 6.45) is 3.59. The smallest absolute Gasteiger partial charge is 0.338 e. The third-order valence-electron chi connectivity index (χ3n) is 4.81. The number of carboxylic acid groups (broad SMARTS) is 1. The van der Waals surface area contributed by atoms with Gasteiger partial charge in [0.25, 0.3) is 0 Å². The fraction of sp³-hybridized carbons (Fsp3) is 0.182. The first-order valence-electron chi connectivity index (χ1n) is 9.88. The standard InChI is InChI=1S/C22H21N7O2/c1-2-11-29(22-23-12-17(13-24-22)21(30)31)14-15-7-9-16(10-8-15)18-5-3-4-6-19(18)20-25-27-28-26-20/h3-10,12-13H,2,11,14H2,1H3,(H,30,31)(H,25,26,27,28). The second kappa shape index (κ2) is 9.12. The van der Waals surface area contributed by atoms with Crippen LogP contribution in [0, 0.1) is 0 Å². The van der Waals surface area contributed by atoms with Gasteiger partial charge < -0.3 is 10.0 Å². The summed E-state index contributed by atoms with van der Waals surface area (Å²) in [4.78, 5) is 21.5. The number of hydrogen-bond donors (Lipinski definition) is 2. The molecule has 0 atom stereocenters. The molecule has 0 spiro atoms. The Bertz CT molecular complexity index is 1140.